The lowest BCUT2D eigenvalue weighted by Crippen LogP contribution is -1.94. The van der Waals surface area contributed by atoms with Crippen molar-refractivity contribution in [3.63, 3.8) is 0 Å². The van der Waals surface area contributed by atoms with Crippen molar-refractivity contribution in [1.82, 2.24) is 14.8 Å². The smallest absolute Gasteiger partial charge is 0.138 e. The van der Waals surface area contributed by atoms with Gasteiger partial charge in [-0.1, -0.05) is 29.8 Å². The molecular formula is C29H24ClN5O. The molecule has 0 spiro atoms. The topological polar surface area (TPSA) is 64.7 Å². The Kier molecular flexibility index (Phi) is 6.60. The second-order valence-corrected chi connectivity index (χ2v) is 8.79. The molecule has 0 saturated carbocycles. The number of halogens is 1. The van der Waals surface area contributed by atoms with Gasteiger partial charge in [-0.15, -0.1) is 0 Å². The summed E-state index contributed by atoms with van der Waals surface area (Å²) >= 11 is 6.41. The number of aromatic nitrogens is 3. The third-order valence-electron chi connectivity index (χ3n) is 6.00. The quantitative estimate of drug-likeness (QED) is 0.148. The van der Waals surface area contributed by atoms with E-state index in [-0.39, 0.29) is 0 Å². The van der Waals surface area contributed by atoms with E-state index < -0.39 is 0 Å². The van der Waals surface area contributed by atoms with Gasteiger partial charge in [0.05, 0.1) is 30.7 Å². The van der Waals surface area contributed by atoms with Crippen molar-refractivity contribution in [2.45, 2.75) is 13.8 Å². The van der Waals surface area contributed by atoms with E-state index in [0.29, 0.717) is 10.7 Å². The first-order chi connectivity index (χ1) is 17.5. The summed E-state index contributed by atoms with van der Waals surface area (Å²) in [6, 6.07) is 23.8. The van der Waals surface area contributed by atoms with E-state index in [4.69, 9.17) is 21.4 Å². The fourth-order valence-electron chi connectivity index (χ4n) is 3.88. The summed E-state index contributed by atoms with van der Waals surface area (Å²) in [5.41, 5.74) is 7.47. The monoisotopic (exact) mass is 493 g/mol. The second-order valence-electron chi connectivity index (χ2n) is 8.43. The predicted octanol–water partition coefficient (Wildman–Crippen LogP) is 6.82. The molecule has 2 aromatic heterocycles. The Morgan fingerprint density at radius 3 is 2.28 bits per heavy atom. The number of methoxy groups -OCH3 is 1. The van der Waals surface area contributed by atoms with Gasteiger partial charge in [0, 0.05) is 28.3 Å². The van der Waals surface area contributed by atoms with Crippen LogP contribution in [-0.4, -0.2) is 34.3 Å². The molecule has 0 unspecified atom stereocenters. The molecule has 0 bridgehead atoms. The first-order valence-corrected chi connectivity index (χ1v) is 11.8. The highest BCUT2D eigenvalue weighted by Gasteiger charge is 2.11. The SMILES string of the molecule is COc1ccc(-c2nn(-c3ccccc3)cc2/C=N/N=C/c2cc3cc(C)c(C)cc3nc2Cl)cc1. The third-order valence-corrected chi connectivity index (χ3v) is 6.30. The number of ether oxygens (including phenoxy) is 1. The zero-order valence-corrected chi connectivity index (χ0v) is 20.9. The molecule has 0 aliphatic carbocycles. The van der Waals surface area contributed by atoms with Crippen molar-refractivity contribution in [1.29, 1.82) is 0 Å². The maximum absolute atomic E-state index is 6.41. The number of benzene rings is 3. The van der Waals surface area contributed by atoms with Gasteiger partial charge < -0.3 is 4.74 Å². The summed E-state index contributed by atoms with van der Waals surface area (Å²) in [6.45, 7) is 4.14. The van der Waals surface area contributed by atoms with Gasteiger partial charge >= 0.3 is 0 Å². The van der Waals surface area contributed by atoms with Gasteiger partial charge in [0.25, 0.3) is 0 Å². The van der Waals surface area contributed by atoms with Crippen molar-refractivity contribution in [2.75, 3.05) is 7.11 Å². The Morgan fingerprint density at radius 2 is 1.56 bits per heavy atom. The van der Waals surface area contributed by atoms with Crippen LogP contribution in [0.1, 0.15) is 22.3 Å². The molecule has 36 heavy (non-hydrogen) atoms. The number of hydrogen-bond donors (Lipinski definition) is 0. The number of pyridine rings is 1. The molecule has 0 aliphatic rings. The molecule has 0 atom stereocenters. The van der Waals surface area contributed by atoms with E-state index in [9.17, 15) is 0 Å². The highest BCUT2D eigenvalue weighted by atomic mass is 35.5. The maximum atomic E-state index is 6.41. The first-order valence-electron chi connectivity index (χ1n) is 11.5. The molecule has 178 valence electrons. The molecule has 0 saturated heterocycles. The zero-order chi connectivity index (χ0) is 25.1. The lowest BCUT2D eigenvalue weighted by molar-refractivity contribution is 0.415. The standard InChI is InChI=1S/C29H24ClN5O/c1-19-13-22-15-23(29(30)33-27(22)14-20(19)2)16-31-32-17-24-18-35(25-7-5-4-6-8-25)34-28(24)21-9-11-26(36-3)12-10-21/h4-18H,1-3H3/b31-16+,32-17+. The van der Waals surface area contributed by atoms with Crippen molar-refractivity contribution in [3.05, 3.63) is 106 Å². The van der Waals surface area contributed by atoms with E-state index >= 15 is 0 Å². The van der Waals surface area contributed by atoms with Crippen LogP contribution in [0, 0.1) is 13.8 Å². The van der Waals surface area contributed by atoms with Crippen molar-refractivity contribution in [2.24, 2.45) is 10.2 Å². The lowest BCUT2D eigenvalue weighted by atomic mass is 10.1. The largest absolute Gasteiger partial charge is 0.497 e. The summed E-state index contributed by atoms with van der Waals surface area (Å²) in [5.74, 6) is 0.785. The van der Waals surface area contributed by atoms with Gasteiger partial charge in [-0.05, 0) is 79.6 Å². The minimum Gasteiger partial charge on any atom is -0.497 e. The fraction of sp³-hybridized carbons (Fsp3) is 0.103. The molecule has 0 amide bonds. The summed E-state index contributed by atoms with van der Waals surface area (Å²) in [6.07, 6.45) is 5.25. The Bertz CT molecular complexity index is 1590. The van der Waals surface area contributed by atoms with E-state index in [2.05, 4.69) is 35.1 Å². The number of hydrogen-bond acceptors (Lipinski definition) is 5. The van der Waals surface area contributed by atoms with Gasteiger partial charge in [0.2, 0.25) is 0 Å². The Balaban J connectivity index is 1.47. The molecule has 2 heterocycles. The lowest BCUT2D eigenvalue weighted by Gasteiger charge is -2.05. The molecule has 0 radical (unpaired) electrons. The Hall–Kier alpha value is -4.29. The van der Waals surface area contributed by atoms with Crippen LogP contribution in [0.25, 0.3) is 27.8 Å². The molecule has 0 N–H and O–H groups in total. The minimum absolute atomic E-state index is 0.389. The Labute approximate surface area is 214 Å². The number of fused-ring (bicyclic) bond motifs is 1. The average molecular weight is 494 g/mol. The van der Waals surface area contributed by atoms with E-state index in [1.807, 2.05) is 77.6 Å². The maximum Gasteiger partial charge on any atom is 0.138 e. The molecule has 7 heteroatoms. The highest BCUT2D eigenvalue weighted by molar-refractivity contribution is 6.32. The molecule has 6 nitrogen and oxygen atoms in total. The molecule has 3 aromatic carbocycles. The molecule has 0 aliphatic heterocycles. The summed E-state index contributed by atoms with van der Waals surface area (Å²) in [7, 11) is 1.65. The predicted molar refractivity (Wildman–Crippen MR) is 147 cm³/mol. The number of para-hydroxylation sites is 1. The van der Waals surface area contributed by atoms with Crippen LogP contribution in [0.5, 0.6) is 5.75 Å². The summed E-state index contributed by atoms with van der Waals surface area (Å²) in [5, 5.41) is 14.8. The van der Waals surface area contributed by atoms with Crippen molar-refractivity contribution < 1.29 is 4.74 Å². The molecule has 5 aromatic rings. The number of nitrogens with zero attached hydrogens (tertiary/aromatic N) is 5. The van der Waals surface area contributed by atoms with Gasteiger partial charge in [-0.25, -0.2) is 9.67 Å². The summed E-state index contributed by atoms with van der Waals surface area (Å²) < 4.78 is 7.13. The van der Waals surface area contributed by atoms with Crippen LogP contribution in [0.15, 0.2) is 89.2 Å². The summed E-state index contributed by atoms with van der Waals surface area (Å²) in [4.78, 5) is 4.52. The van der Waals surface area contributed by atoms with Crippen LogP contribution < -0.4 is 4.74 Å². The van der Waals surface area contributed by atoms with Gasteiger partial charge in [-0.2, -0.15) is 15.3 Å². The van der Waals surface area contributed by atoms with Crippen LogP contribution in [-0.2, 0) is 0 Å². The zero-order valence-electron chi connectivity index (χ0n) is 20.2. The number of rotatable bonds is 6. The van der Waals surface area contributed by atoms with Gasteiger partial charge in [0.1, 0.15) is 16.6 Å². The van der Waals surface area contributed by atoms with E-state index in [1.54, 1.807) is 19.5 Å². The highest BCUT2D eigenvalue weighted by Crippen LogP contribution is 2.25. The van der Waals surface area contributed by atoms with E-state index in [0.717, 1.165) is 39.2 Å². The van der Waals surface area contributed by atoms with Crippen LogP contribution in [0.2, 0.25) is 5.15 Å². The third kappa shape index (κ3) is 4.90. The van der Waals surface area contributed by atoms with E-state index in [1.165, 1.54) is 11.1 Å². The number of aryl methyl sites for hydroxylation is 2. The second kappa shape index (κ2) is 10.1. The Morgan fingerprint density at radius 1 is 0.861 bits per heavy atom. The normalized spacial score (nSPS) is 11.7. The average Bonchev–Trinajstić information content (AvgIpc) is 3.33. The van der Waals surface area contributed by atoms with Crippen LogP contribution in [0.4, 0.5) is 0 Å². The molecule has 5 rings (SSSR count). The fourth-order valence-corrected chi connectivity index (χ4v) is 4.08. The van der Waals surface area contributed by atoms with Crippen molar-refractivity contribution >= 4 is 34.9 Å². The molecular weight excluding hydrogens is 470 g/mol. The van der Waals surface area contributed by atoms with Crippen molar-refractivity contribution in [3.8, 4) is 22.7 Å². The minimum atomic E-state index is 0.389. The van der Waals surface area contributed by atoms with Crippen LogP contribution in [0.3, 0.4) is 0 Å². The van der Waals surface area contributed by atoms with Gasteiger partial charge in [-0.3, -0.25) is 0 Å². The van der Waals surface area contributed by atoms with Crippen LogP contribution >= 0.6 is 11.6 Å². The van der Waals surface area contributed by atoms with Gasteiger partial charge in [0.15, 0.2) is 0 Å². The first kappa shape index (κ1) is 23.5. The molecule has 0 fully saturated rings.